The second-order valence-electron chi connectivity index (χ2n) is 6.49. The molecule has 1 aliphatic rings. The third-order valence-electron chi connectivity index (χ3n) is 4.22. The Balaban J connectivity index is 2.04. The van der Waals surface area contributed by atoms with Crippen LogP contribution in [0.4, 0.5) is 0 Å². The third kappa shape index (κ3) is 5.55. The molecule has 2 rings (SSSR count). The number of halogens is 1. The van der Waals surface area contributed by atoms with Gasteiger partial charge in [-0.1, -0.05) is 18.5 Å². The minimum absolute atomic E-state index is 0.00340. The SMILES string of the molecule is CCCNC(=O)[C@@H](C)OC(=O)/C=C/c1c(C)nn([C@H]2CCS(=O)(=O)C2)c1Cl. The smallest absolute Gasteiger partial charge is 0.331 e. The summed E-state index contributed by atoms with van der Waals surface area (Å²) in [6.07, 6.45) is 2.98. The molecule has 1 aliphatic heterocycles. The van der Waals surface area contributed by atoms with E-state index in [0.29, 0.717) is 24.2 Å². The average molecular weight is 418 g/mol. The van der Waals surface area contributed by atoms with Crippen molar-refractivity contribution in [1.29, 1.82) is 0 Å². The van der Waals surface area contributed by atoms with Crippen LogP contribution in [0.15, 0.2) is 6.08 Å². The van der Waals surface area contributed by atoms with Crippen LogP contribution in [0.25, 0.3) is 6.08 Å². The second kappa shape index (κ2) is 8.88. The highest BCUT2D eigenvalue weighted by Gasteiger charge is 2.31. The highest BCUT2D eigenvalue weighted by atomic mass is 35.5. The van der Waals surface area contributed by atoms with E-state index in [1.165, 1.54) is 23.8 Å². The lowest BCUT2D eigenvalue weighted by atomic mass is 10.2. The number of rotatable bonds is 7. The van der Waals surface area contributed by atoms with Gasteiger partial charge in [0.1, 0.15) is 5.15 Å². The minimum atomic E-state index is -3.07. The van der Waals surface area contributed by atoms with Gasteiger partial charge in [0, 0.05) is 18.2 Å². The highest BCUT2D eigenvalue weighted by Crippen LogP contribution is 2.30. The number of carbonyl (C=O) groups excluding carboxylic acids is 2. The van der Waals surface area contributed by atoms with E-state index < -0.39 is 21.9 Å². The van der Waals surface area contributed by atoms with E-state index in [1.54, 1.807) is 6.92 Å². The Labute approximate surface area is 163 Å². The molecule has 2 atom stereocenters. The van der Waals surface area contributed by atoms with Gasteiger partial charge in [-0.05, 0) is 32.8 Å². The number of sulfone groups is 1. The summed E-state index contributed by atoms with van der Waals surface area (Å²) in [6, 6.07) is -0.308. The van der Waals surface area contributed by atoms with Gasteiger partial charge in [0.25, 0.3) is 5.91 Å². The van der Waals surface area contributed by atoms with Crippen LogP contribution in [-0.4, -0.2) is 54.2 Å². The van der Waals surface area contributed by atoms with Crippen LogP contribution in [-0.2, 0) is 24.2 Å². The first-order valence-electron chi connectivity index (χ1n) is 8.76. The van der Waals surface area contributed by atoms with E-state index in [1.807, 2.05) is 6.92 Å². The first kappa shape index (κ1) is 21.4. The molecule has 1 aromatic heterocycles. The number of amides is 1. The summed E-state index contributed by atoms with van der Waals surface area (Å²) in [4.78, 5) is 23.7. The van der Waals surface area contributed by atoms with E-state index in [2.05, 4.69) is 10.4 Å². The molecule has 0 saturated carbocycles. The minimum Gasteiger partial charge on any atom is -0.449 e. The molecule has 0 bridgehead atoms. The molecule has 1 fully saturated rings. The van der Waals surface area contributed by atoms with Gasteiger partial charge in [-0.25, -0.2) is 17.9 Å². The molecule has 1 N–H and O–H groups in total. The van der Waals surface area contributed by atoms with Gasteiger partial charge in [0.2, 0.25) is 0 Å². The average Bonchev–Trinajstić information content (AvgIpc) is 3.09. The number of aryl methyl sites for hydroxylation is 1. The van der Waals surface area contributed by atoms with Crippen LogP contribution in [0.2, 0.25) is 5.15 Å². The summed E-state index contributed by atoms with van der Waals surface area (Å²) in [5, 5.41) is 7.23. The molecule has 0 unspecified atom stereocenters. The van der Waals surface area contributed by atoms with E-state index in [0.717, 1.165) is 6.42 Å². The van der Waals surface area contributed by atoms with Crippen molar-refractivity contribution in [2.45, 2.75) is 45.8 Å². The van der Waals surface area contributed by atoms with Crippen LogP contribution in [0.1, 0.15) is 44.0 Å². The molecule has 8 nitrogen and oxygen atoms in total. The summed E-state index contributed by atoms with van der Waals surface area (Å²) in [5.41, 5.74) is 1.09. The maximum atomic E-state index is 11.9. The molecule has 0 aliphatic carbocycles. The van der Waals surface area contributed by atoms with Crippen molar-refractivity contribution < 1.29 is 22.7 Å². The zero-order valence-corrected chi connectivity index (χ0v) is 17.1. The molecule has 1 amide bonds. The van der Waals surface area contributed by atoms with Crippen LogP contribution in [0.3, 0.4) is 0 Å². The number of esters is 1. The maximum absolute atomic E-state index is 11.9. The summed E-state index contributed by atoms with van der Waals surface area (Å²) in [6.45, 7) is 5.65. The molecular weight excluding hydrogens is 394 g/mol. The van der Waals surface area contributed by atoms with Crippen molar-refractivity contribution in [3.05, 3.63) is 22.5 Å². The Bertz CT molecular complexity index is 847. The lowest BCUT2D eigenvalue weighted by Gasteiger charge is -2.11. The van der Waals surface area contributed by atoms with Crippen molar-refractivity contribution in [2.75, 3.05) is 18.1 Å². The number of nitrogens with one attached hydrogen (secondary N) is 1. The van der Waals surface area contributed by atoms with E-state index in [9.17, 15) is 18.0 Å². The zero-order chi connectivity index (χ0) is 20.2. The number of carbonyl (C=O) groups is 2. The lowest BCUT2D eigenvalue weighted by molar-refractivity contribution is -0.150. The molecule has 1 aromatic rings. The van der Waals surface area contributed by atoms with Crippen LogP contribution in [0, 0.1) is 6.92 Å². The third-order valence-corrected chi connectivity index (χ3v) is 6.35. The van der Waals surface area contributed by atoms with Gasteiger partial charge in [-0.3, -0.25) is 4.79 Å². The molecule has 0 radical (unpaired) electrons. The number of nitrogens with zero attached hydrogens (tertiary/aromatic N) is 2. The van der Waals surface area contributed by atoms with E-state index in [-0.39, 0.29) is 28.6 Å². The topological polar surface area (TPSA) is 107 Å². The largest absolute Gasteiger partial charge is 0.449 e. The Kier molecular flexibility index (Phi) is 7.05. The fraction of sp³-hybridized carbons (Fsp3) is 0.588. The van der Waals surface area contributed by atoms with Crippen molar-refractivity contribution >= 4 is 39.4 Å². The first-order valence-corrected chi connectivity index (χ1v) is 11.0. The number of aromatic nitrogens is 2. The summed E-state index contributed by atoms with van der Waals surface area (Å²) >= 11 is 6.34. The Morgan fingerprint density at radius 3 is 2.78 bits per heavy atom. The van der Waals surface area contributed by atoms with Crippen molar-refractivity contribution in [3.63, 3.8) is 0 Å². The zero-order valence-electron chi connectivity index (χ0n) is 15.6. The van der Waals surface area contributed by atoms with Gasteiger partial charge in [0.15, 0.2) is 15.9 Å². The fourth-order valence-corrected chi connectivity index (χ4v) is 4.81. The Morgan fingerprint density at radius 1 is 1.48 bits per heavy atom. The predicted molar refractivity (Wildman–Crippen MR) is 102 cm³/mol. The summed E-state index contributed by atoms with van der Waals surface area (Å²) < 4.78 is 29.9. The number of ether oxygens (including phenoxy) is 1. The molecule has 0 spiro atoms. The first-order chi connectivity index (χ1) is 12.6. The molecule has 2 heterocycles. The van der Waals surface area contributed by atoms with Crippen molar-refractivity contribution in [3.8, 4) is 0 Å². The van der Waals surface area contributed by atoms with Crippen LogP contribution < -0.4 is 5.32 Å². The number of hydrogen-bond donors (Lipinski definition) is 1. The standard InChI is InChI=1S/C17H24ClN3O5S/c1-4-8-19-17(23)12(3)26-15(22)6-5-14-11(2)20-21(16(14)18)13-7-9-27(24,25)10-13/h5-6,12-13H,4,7-10H2,1-3H3,(H,19,23)/b6-5+/t12-,13+/m1/s1. The Morgan fingerprint density at radius 2 is 2.19 bits per heavy atom. The highest BCUT2D eigenvalue weighted by molar-refractivity contribution is 7.91. The second-order valence-corrected chi connectivity index (χ2v) is 9.08. The normalized spacial score (nSPS) is 19.9. The van der Waals surface area contributed by atoms with Gasteiger partial charge in [0.05, 0.1) is 23.2 Å². The molecule has 27 heavy (non-hydrogen) atoms. The number of hydrogen-bond acceptors (Lipinski definition) is 6. The molecule has 1 saturated heterocycles. The fourth-order valence-electron chi connectivity index (χ4n) is 2.74. The van der Waals surface area contributed by atoms with Gasteiger partial charge in [-0.2, -0.15) is 5.10 Å². The monoisotopic (exact) mass is 417 g/mol. The van der Waals surface area contributed by atoms with Crippen molar-refractivity contribution in [2.24, 2.45) is 0 Å². The lowest BCUT2D eigenvalue weighted by Crippen LogP contribution is -2.35. The quantitative estimate of drug-likeness (QED) is 0.534. The Hall–Kier alpha value is -1.87. The van der Waals surface area contributed by atoms with E-state index in [4.69, 9.17) is 16.3 Å². The molecule has 0 aromatic carbocycles. The molecular formula is C17H24ClN3O5S. The molecule has 10 heteroatoms. The maximum Gasteiger partial charge on any atom is 0.331 e. The predicted octanol–water partition coefficient (Wildman–Crippen LogP) is 1.68. The summed E-state index contributed by atoms with van der Waals surface area (Å²) in [7, 11) is -3.07. The van der Waals surface area contributed by atoms with E-state index >= 15 is 0 Å². The van der Waals surface area contributed by atoms with Gasteiger partial charge < -0.3 is 10.1 Å². The van der Waals surface area contributed by atoms with Crippen LogP contribution >= 0.6 is 11.6 Å². The summed E-state index contributed by atoms with van der Waals surface area (Å²) in [5.74, 6) is -0.921. The van der Waals surface area contributed by atoms with Crippen LogP contribution in [0.5, 0.6) is 0 Å². The molecule has 150 valence electrons. The van der Waals surface area contributed by atoms with Gasteiger partial charge in [-0.15, -0.1) is 0 Å². The van der Waals surface area contributed by atoms with Gasteiger partial charge >= 0.3 is 5.97 Å². The van der Waals surface area contributed by atoms with Crippen molar-refractivity contribution in [1.82, 2.24) is 15.1 Å².